The summed E-state index contributed by atoms with van der Waals surface area (Å²) in [5.41, 5.74) is 4.03. The number of hydrogen-bond acceptors (Lipinski definition) is 10. The largest absolute Gasteiger partial charge is 0.489 e. The van der Waals surface area contributed by atoms with Crippen LogP contribution in [-0.4, -0.2) is 81.0 Å². The number of halogens is 1. The van der Waals surface area contributed by atoms with Crippen LogP contribution in [0.4, 0.5) is 21.6 Å². The van der Waals surface area contributed by atoms with Crippen LogP contribution in [0.15, 0.2) is 55.4 Å². The minimum Gasteiger partial charge on any atom is -0.489 e. The molecule has 4 heterocycles. The number of aromatic nitrogens is 6. The third-order valence-corrected chi connectivity index (χ3v) is 6.80. The van der Waals surface area contributed by atoms with Crippen molar-refractivity contribution in [3.63, 3.8) is 0 Å². The Balaban J connectivity index is 1.31. The third-order valence-electron chi connectivity index (χ3n) is 6.80. The van der Waals surface area contributed by atoms with Gasteiger partial charge in [-0.05, 0) is 56.9 Å². The van der Waals surface area contributed by atoms with Crippen molar-refractivity contribution < 1.29 is 13.9 Å². The number of aryl methyl sites for hydroxylation is 1. The smallest absolute Gasteiger partial charge is 0.224 e. The number of anilines is 3. The molecule has 1 aliphatic heterocycles. The van der Waals surface area contributed by atoms with E-state index in [-0.39, 0.29) is 6.61 Å². The second kappa shape index (κ2) is 10.3. The van der Waals surface area contributed by atoms with Crippen LogP contribution < -0.4 is 19.7 Å². The quantitative estimate of drug-likeness (QED) is 0.301. The zero-order chi connectivity index (χ0) is 26.9. The molecule has 11 nitrogen and oxygen atoms in total. The molecular formula is C27H28FN9O2. The van der Waals surface area contributed by atoms with Gasteiger partial charge < -0.3 is 24.6 Å². The van der Waals surface area contributed by atoms with Gasteiger partial charge in [0.15, 0.2) is 5.65 Å². The van der Waals surface area contributed by atoms with Crippen molar-refractivity contribution >= 4 is 33.7 Å². The van der Waals surface area contributed by atoms with Crippen LogP contribution in [0.25, 0.3) is 16.6 Å². The van der Waals surface area contributed by atoms with E-state index >= 15 is 0 Å². The Bertz CT molecular complexity index is 1640. The van der Waals surface area contributed by atoms with Crippen LogP contribution in [0.5, 0.6) is 17.4 Å². The Morgan fingerprint density at radius 1 is 1.05 bits per heavy atom. The van der Waals surface area contributed by atoms with Gasteiger partial charge >= 0.3 is 0 Å². The number of benzene rings is 2. The molecule has 0 amide bonds. The Morgan fingerprint density at radius 2 is 1.90 bits per heavy atom. The number of hydrogen-bond donors (Lipinski definition) is 1. The Morgan fingerprint density at radius 3 is 2.69 bits per heavy atom. The Kier molecular flexibility index (Phi) is 6.53. The van der Waals surface area contributed by atoms with E-state index in [1.165, 1.54) is 6.33 Å². The number of nitrogens with one attached hydrogen (secondary N) is 1. The van der Waals surface area contributed by atoms with Gasteiger partial charge in [-0.15, -0.1) is 10.2 Å². The van der Waals surface area contributed by atoms with Crippen LogP contribution in [0.2, 0.25) is 0 Å². The van der Waals surface area contributed by atoms with Crippen molar-refractivity contribution in [2.24, 2.45) is 0 Å². The fourth-order valence-corrected chi connectivity index (χ4v) is 4.61. The summed E-state index contributed by atoms with van der Waals surface area (Å²) in [4.78, 5) is 17.8. The van der Waals surface area contributed by atoms with E-state index in [4.69, 9.17) is 9.47 Å². The Hall–Kier alpha value is -4.58. The van der Waals surface area contributed by atoms with E-state index in [0.29, 0.717) is 34.9 Å². The normalized spacial score (nSPS) is 13.7. The fraction of sp³-hybridized carbons (Fsp3) is 0.296. The van der Waals surface area contributed by atoms with Gasteiger partial charge in [0.1, 0.15) is 49.6 Å². The standard InChI is InChI=1S/C27H28FN9O2/c1-17-10-18(4-6-21(17)39-24-11-23-34-32-16-37(23)15-31-24)33-27-25-20(29-14-30-27)5-7-22(38-9-8-28)26(25)36-12-19(13-36)35(2)3/h4-7,10-11,14-16,19H,8-9,12-13H2,1-3H3,(H,29,30,33). The topological polar surface area (TPSA) is 106 Å². The molecule has 6 rings (SSSR count). The SMILES string of the molecule is Cc1cc(Nc2ncnc3ccc(OCCF)c(N4CC(N(C)C)C4)c23)ccc1Oc1cc2nncn2cn1. The number of fused-ring (bicyclic) bond motifs is 2. The van der Waals surface area contributed by atoms with Gasteiger partial charge in [-0.2, -0.15) is 0 Å². The summed E-state index contributed by atoms with van der Waals surface area (Å²) in [6.07, 6.45) is 4.73. The summed E-state index contributed by atoms with van der Waals surface area (Å²) in [5, 5.41) is 12.2. The van der Waals surface area contributed by atoms with E-state index < -0.39 is 6.67 Å². The lowest BCUT2D eigenvalue weighted by Gasteiger charge is -2.45. The summed E-state index contributed by atoms with van der Waals surface area (Å²) in [5.74, 6) is 2.35. The summed E-state index contributed by atoms with van der Waals surface area (Å²) >= 11 is 0. The third kappa shape index (κ3) is 4.86. The van der Waals surface area contributed by atoms with Crippen molar-refractivity contribution in [3.8, 4) is 17.4 Å². The molecule has 0 radical (unpaired) electrons. The maximum atomic E-state index is 13.0. The summed E-state index contributed by atoms with van der Waals surface area (Å²) < 4.78 is 26.6. The van der Waals surface area contributed by atoms with Crippen LogP contribution in [0.1, 0.15) is 5.56 Å². The van der Waals surface area contributed by atoms with Crippen molar-refractivity contribution in [3.05, 3.63) is 60.9 Å². The highest BCUT2D eigenvalue weighted by molar-refractivity contribution is 6.03. The van der Waals surface area contributed by atoms with Crippen LogP contribution in [0.3, 0.4) is 0 Å². The lowest BCUT2D eigenvalue weighted by Crippen LogP contribution is -2.57. The molecule has 5 aromatic rings. The first kappa shape index (κ1) is 24.7. The van der Waals surface area contributed by atoms with Crippen molar-refractivity contribution in [2.45, 2.75) is 13.0 Å². The first-order chi connectivity index (χ1) is 19.0. The molecule has 0 bridgehead atoms. The minimum atomic E-state index is -0.565. The summed E-state index contributed by atoms with van der Waals surface area (Å²) in [6, 6.07) is 11.7. The zero-order valence-corrected chi connectivity index (χ0v) is 21.9. The van der Waals surface area contributed by atoms with E-state index in [1.807, 2.05) is 37.3 Å². The number of likely N-dealkylation sites (N-methyl/N-ethyl adjacent to an activating group) is 1. The first-order valence-corrected chi connectivity index (χ1v) is 12.6. The van der Waals surface area contributed by atoms with E-state index in [0.717, 1.165) is 40.9 Å². The molecule has 39 heavy (non-hydrogen) atoms. The number of rotatable bonds is 9. The molecule has 0 spiro atoms. The average molecular weight is 530 g/mol. The minimum absolute atomic E-state index is 0.0144. The predicted molar refractivity (Wildman–Crippen MR) is 146 cm³/mol. The van der Waals surface area contributed by atoms with Gasteiger partial charge in [-0.1, -0.05) is 0 Å². The van der Waals surface area contributed by atoms with Gasteiger partial charge in [-0.25, -0.2) is 19.3 Å². The maximum Gasteiger partial charge on any atom is 0.224 e. The van der Waals surface area contributed by atoms with Crippen molar-refractivity contribution in [2.75, 3.05) is 50.7 Å². The molecule has 12 heteroatoms. The number of alkyl halides is 1. The molecule has 0 unspecified atom stereocenters. The van der Waals surface area contributed by atoms with Gasteiger partial charge in [0, 0.05) is 30.9 Å². The van der Waals surface area contributed by atoms with Gasteiger partial charge in [0.05, 0.1) is 16.6 Å². The molecule has 200 valence electrons. The molecule has 1 saturated heterocycles. The van der Waals surface area contributed by atoms with Crippen LogP contribution in [-0.2, 0) is 0 Å². The van der Waals surface area contributed by atoms with E-state index in [9.17, 15) is 4.39 Å². The molecule has 2 aromatic carbocycles. The van der Waals surface area contributed by atoms with Crippen LogP contribution >= 0.6 is 0 Å². The molecule has 1 aliphatic rings. The highest BCUT2D eigenvalue weighted by Crippen LogP contribution is 2.42. The molecule has 3 aromatic heterocycles. The first-order valence-electron chi connectivity index (χ1n) is 12.6. The molecule has 1 N–H and O–H groups in total. The van der Waals surface area contributed by atoms with Gasteiger partial charge in [0.25, 0.3) is 0 Å². The Labute approximate surface area is 224 Å². The highest BCUT2D eigenvalue weighted by atomic mass is 19.1. The van der Waals surface area contributed by atoms with Crippen LogP contribution in [0, 0.1) is 6.92 Å². The van der Waals surface area contributed by atoms with Gasteiger partial charge in [-0.3, -0.25) is 4.40 Å². The predicted octanol–water partition coefficient (Wildman–Crippen LogP) is 4.01. The second-order valence-electron chi connectivity index (χ2n) is 9.62. The highest BCUT2D eigenvalue weighted by Gasteiger charge is 2.32. The van der Waals surface area contributed by atoms with Crippen molar-refractivity contribution in [1.82, 2.24) is 34.4 Å². The van der Waals surface area contributed by atoms with E-state index in [1.54, 1.807) is 23.1 Å². The molecule has 0 aliphatic carbocycles. The average Bonchev–Trinajstić information content (AvgIpc) is 3.36. The zero-order valence-electron chi connectivity index (χ0n) is 21.9. The van der Waals surface area contributed by atoms with Crippen molar-refractivity contribution in [1.29, 1.82) is 0 Å². The van der Waals surface area contributed by atoms with E-state index in [2.05, 4.69) is 54.4 Å². The molecule has 0 saturated carbocycles. The van der Waals surface area contributed by atoms with Gasteiger partial charge in [0.2, 0.25) is 5.88 Å². The second-order valence-corrected chi connectivity index (χ2v) is 9.62. The molecule has 1 fully saturated rings. The number of nitrogens with zero attached hydrogens (tertiary/aromatic N) is 8. The summed E-state index contributed by atoms with van der Waals surface area (Å²) in [7, 11) is 4.14. The summed E-state index contributed by atoms with van der Waals surface area (Å²) in [6.45, 7) is 3.03. The lowest BCUT2D eigenvalue weighted by molar-refractivity contribution is 0.242. The molecule has 0 atom stereocenters. The molecular weight excluding hydrogens is 501 g/mol. The monoisotopic (exact) mass is 529 g/mol. The fourth-order valence-electron chi connectivity index (χ4n) is 4.61. The maximum absolute atomic E-state index is 13.0. The number of ether oxygens (including phenoxy) is 2. The lowest BCUT2D eigenvalue weighted by atomic mass is 10.0.